The molecule has 0 amide bonds. The maximum Gasteiger partial charge on any atom is 0.498 e. The van der Waals surface area contributed by atoms with Crippen LogP contribution in [-0.4, -0.2) is 39.1 Å². The van der Waals surface area contributed by atoms with E-state index < -0.39 is 28.3 Å². The highest BCUT2D eigenvalue weighted by molar-refractivity contribution is 7.92. The average molecular weight is 355 g/mol. The lowest BCUT2D eigenvalue weighted by Gasteiger charge is -2.32. The van der Waals surface area contributed by atoms with Crippen LogP contribution in [0, 0.1) is 0 Å². The molecule has 0 unspecified atom stereocenters. The smallest absolute Gasteiger partial charge is 0.494 e. The van der Waals surface area contributed by atoms with Crippen molar-refractivity contribution in [2.24, 2.45) is 0 Å². The topological polar surface area (TPSA) is 73.9 Å². The van der Waals surface area contributed by atoms with Crippen molar-refractivity contribution in [1.82, 2.24) is 0 Å². The van der Waals surface area contributed by atoms with E-state index in [1.807, 2.05) is 34.6 Å². The van der Waals surface area contributed by atoms with Crippen molar-refractivity contribution < 1.29 is 22.5 Å². The van der Waals surface area contributed by atoms with E-state index >= 15 is 0 Å². The molecule has 0 radical (unpaired) electrons. The van der Waals surface area contributed by atoms with Crippen LogP contribution in [0.2, 0.25) is 0 Å². The minimum atomic E-state index is -3.36. The van der Waals surface area contributed by atoms with Crippen molar-refractivity contribution in [3.8, 4) is 5.75 Å². The van der Waals surface area contributed by atoms with Gasteiger partial charge in [-0.1, -0.05) is 0 Å². The van der Waals surface area contributed by atoms with Crippen molar-refractivity contribution in [2.75, 3.05) is 17.1 Å². The molecular formula is C16H26BNO5S. The monoisotopic (exact) mass is 355 g/mol. The minimum absolute atomic E-state index is 0.00599. The first-order valence-electron chi connectivity index (χ1n) is 8.14. The molecule has 0 spiro atoms. The Morgan fingerprint density at radius 3 is 2.21 bits per heavy atom. The van der Waals surface area contributed by atoms with Crippen LogP contribution < -0.4 is 14.9 Å². The minimum Gasteiger partial charge on any atom is -0.494 e. The van der Waals surface area contributed by atoms with Gasteiger partial charge in [-0.3, -0.25) is 4.72 Å². The number of sulfonamides is 1. The Morgan fingerprint density at radius 2 is 1.71 bits per heavy atom. The molecule has 0 bridgehead atoms. The Kier molecular flexibility index (Phi) is 5.23. The fraction of sp³-hybridized carbons (Fsp3) is 0.625. The molecule has 1 aromatic carbocycles. The SMILES string of the molecule is CCOc1ccc(NS(=O)(=O)CC)cc1B1OC(C)(C)C(C)(C)O1. The van der Waals surface area contributed by atoms with Crippen LogP contribution in [0.25, 0.3) is 0 Å². The standard InChI is InChI=1S/C16H26BNO5S/c1-7-21-14-10-9-12(18-24(19,20)8-2)11-13(14)17-22-15(3,4)16(5,6)23-17/h9-11,18H,7-8H2,1-6H3. The van der Waals surface area contributed by atoms with Crippen LogP contribution >= 0.6 is 0 Å². The predicted molar refractivity (Wildman–Crippen MR) is 96.4 cm³/mol. The van der Waals surface area contributed by atoms with E-state index in [0.717, 1.165) is 0 Å². The van der Waals surface area contributed by atoms with Gasteiger partial charge in [0.15, 0.2) is 0 Å². The molecule has 0 aliphatic carbocycles. The van der Waals surface area contributed by atoms with Crippen molar-refractivity contribution >= 4 is 28.3 Å². The third-order valence-electron chi connectivity index (χ3n) is 4.47. The molecule has 0 atom stereocenters. The fourth-order valence-corrected chi connectivity index (χ4v) is 2.94. The second-order valence-corrected chi connectivity index (χ2v) is 8.79. The van der Waals surface area contributed by atoms with Crippen molar-refractivity contribution in [3.63, 3.8) is 0 Å². The Labute approximate surface area is 145 Å². The number of nitrogens with one attached hydrogen (secondary N) is 1. The maximum atomic E-state index is 11.8. The highest BCUT2D eigenvalue weighted by atomic mass is 32.2. The summed E-state index contributed by atoms with van der Waals surface area (Å²) in [5, 5.41) is 0. The van der Waals surface area contributed by atoms with Crippen LogP contribution in [0.3, 0.4) is 0 Å². The van der Waals surface area contributed by atoms with Crippen LogP contribution in [0.4, 0.5) is 5.69 Å². The summed E-state index contributed by atoms with van der Waals surface area (Å²) in [5.41, 5.74) is 0.164. The lowest BCUT2D eigenvalue weighted by atomic mass is 9.78. The molecule has 1 N–H and O–H groups in total. The summed E-state index contributed by atoms with van der Waals surface area (Å²) >= 11 is 0. The third-order valence-corrected chi connectivity index (χ3v) is 5.78. The van der Waals surface area contributed by atoms with E-state index in [2.05, 4.69) is 4.72 Å². The summed E-state index contributed by atoms with van der Waals surface area (Å²) < 4.78 is 44.0. The molecule has 2 rings (SSSR count). The van der Waals surface area contributed by atoms with Gasteiger partial charge >= 0.3 is 7.12 Å². The Hall–Kier alpha value is -1.25. The van der Waals surface area contributed by atoms with Crippen LogP contribution in [-0.2, 0) is 19.3 Å². The summed E-state index contributed by atoms with van der Waals surface area (Å²) in [6.45, 7) is 11.8. The molecule has 1 heterocycles. The summed E-state index contributed by atoms with van der Waals surface area (Å²) in [7, 11) is -3.98. The molecule has 6 nitrogen and oxygen atoms in total. The molecule has 1 aliphatic heterocycles. The highest BCUT2D eigenvalue weighted by Gasteiger charge is 2.52. The molecular weight excluding hydrogens is 329 g/mol. The van der Waals surface area contributed by atoms with E-state index in [9.17, 15) is 8.42 Å². The van der Waals surface area contributed by atoms with Gasteiger partial charge in [-0.25, -0.2) is 8.42 Å². The van der Waals surface area contributed by atoms with E-state index in [1.165, 1.54) is 0 Å². The molecule has 0 saturated carbocycles. The average Bonchev–Trinajstić information content (AvgIpc) is 2.69. The highest BCUT2D eigenvalue weighted by Crippen LogP contribution is 2.37. The second-order valence-electron chi connectivity index (χ2n) is 6.78. The van der Waals surface area contributed by atoms with Crippen molar-refractivity contribution in [3.05, 3.63) is 18.2 Å². The lowest BCUT2D eigenvalue weighted by Crippen LogP contribution is -2.41. The van der Waals surface area contributed by atoms with E-state index in [-0.39, 0.29) is 5.75 Å². The van der Waals surface area contributed by atoms with Gasteiger partial charge in [0, 0.05) is 11.2 Å². The number of hydrogen-bond donors (Lipinski definition) is 1. The van der Waals surface area contributed by atoms with Crippen molar-refractivity contribution in [2.45, 2.75) is 52.7 Å². The van der Waals surface area contributed by atoms with Crippen LogP contribution in [0.1, 0.15) is 41.5 Å². The number of rotatable bonds is 6. The quantitative estimate of drug-likeness (QED) is 0.792. The number of anilines is 1. The summed E-state index contributed by atoms with van der Waals surface area (Å²) in [6, 6.07) is 5.12. The van der Waals surface area contributed by atoms with Gasteiger partial charge in [-0.05, 0) is 59.7 Å². The number of benzene rings is 1. The first kappa shape index (κ1) is 19.1. The lowest BCUT2D eigenvalue weighted by molar-refractivity contribution is 0.00578. The van der Waals surface area contributed by atoms with E-state index in [4.69, 9.17) is 14.0 Å². The van der Waals surface area contributed by atoms with Gasteiger partial charge < -0.3 is 14.0 Å². The molecule has 1 fully saturated rings. The molecule has 8 heteroatoms. The third kappa shape index (κ3) is 3.87. The first-order chi connectivity index (χ1) is 11.0. The van der Waals surface area contributed by atoms with E-state index in [0.29, 0.717) is 23.5 Å². The normalized spacial score (nSPS) is 19.3. The van der Waals surface area contributed by atoms with Crippen LogP contribution in [0.5, 0.6) is 5.75 Å². The molecule has 1 saturated heterocycles. The summed E-state index contributed by atoms with van der Waals surface area (Å²) in [5.74, 6) is 0.627. The number of ether oxygens (including phenoxy) is 1. The Bertz CT molecular complexity index is 686. The zero-order valence-electron chi connectivity index (χ0n) is 15.2. The molecule has 1 aliphatic rings. The molecule has 24 heavy (non-hydrogen) atoms. The molecule has 134 valence electrons. The zero-order valence-corrected chi connectivity index (χ0v) is 16.0. The Morgan fingerprint density at radius 1 is 1.12 bits per heavy atom. The summed E-state index contributed by atoms with van der Waals surface area (Å²) in [4.78, 5) is 0. The van der Waals surface area contributed by atoms with Crippen molar-refractivity contribution in [1.29, 1.82) is 0 Å². The fourth-order valence-electron chi connectivity index (χ4n) is 2.30. The van der Waals surface area contributed by atoms with Gasteiger partial charge in [0.2, 0.25) is 10.0 Å². The van der Waals surface area contributed by atoms with Gasteiger partial charge in [0.25, 0.3) is 0 Å². The first-order valence-corrected chi connectivity index (χ1v) is 9.79. The van der Waals surface area contributed by atoms with Gasteiger partial charge in [0.1, 0.15) is 5.75 Å². The maximum absolute atomic E-state index is 11.8. The number of hydrogen-bond acceptors (Lipinski definition) is 5. The largest absolute Gasteiger partial charge is 0.498 e. The van der Waals surface area contributed by atoms with Gasteiger partial charge in [-0.15, -0.1) is 0 Å². The molecule has 0 aromatic heterocycles. The predicted octanol–water partition coefficient (Wildman–Crippen LogP) is 2.15. The molecule has 1 aromatic rings. The zero-order chi connectivity index (χ0) is 18.2. The van der Waals surface area contributed by atoms with Gasteiger partial charge in [0.05, 0.1) is 23.6 Å². The van der Waals surface area contributed by atoms with Gasteiger partial charge in [-0.2, -0.15) is 0 Å². The van der Waals surface area contributed by atoms with Crippen LogP contribution in [0.15, 0.2) is 18.2 Å². The second kappa shape index (κ2) is 6.57. The summed E-state index contributed by atoms with van der Waals surface area (Å²) in [6.07, 6.45) is 0. The Balaban J connectivity index is 2.40. The van der Waals surface area contributed by atoms with E-state index in [1.54, 1.807) is 25.1 Å².